The SMILES string of the molecule is CCC(C#N)NC(C)CCCN(CC)CC. The van der Waals surface area contributed by atoms with E-state index in [2.05, 4.69) is 37.1 Å². The van der Waals surface area contributed by atoms with Gasteiger partial charge in [-0.1, -0.05) is 20.8 Å². The minimum absolute atomic E-state index is 0.0171. The Morgan fingerprint density at radius 3 is 2.31 bits per heavy atom. The van der Waals surface area contributed by atoms with Crippen LogP contribution in [-0.2, 0) is 0 Å². The fourth-order valence-corrected chi connectivity index (χ4v) is 1.83. The molecule has 1 N–H and O–H groups in total. The van der Waals surface area contributed by atoms with Crippen molar-refractivity contribution in [1.29, 1.82) is 5.26 Å². The zero-order valence-electron chi connectivity index (χ0n) is 11.3. The Kier molecular flexibility index (Phi) is 9.27. The van der Waals surface area contributed by atoms with E-state index in [0.717, 1.165) is 25.9 Å². The fourth-order valence-electron chi connectivity index (χ4n) is 1.83. The molecule has 94 valence electrons. The molecule has 2 unspecified atom stereocenters. The molecule has 3 nitrogen and oxygen atoms in total. The van der Waals surface area contributed by atoms with Crippen molar-refractivity contribution in [2.24, 2.45) is 0 Å². The van der Waals surface area contributed by atoms with Crippen LogP contribution in [0.4, 0.5) is 0 Å². The largest absolute Gasteiger partial charge is 0.304 e. The first-order chi connectivity index (χ1) is 7.67. The molecule has 0 spiro atoms. The van der Waals surface area contributed by atoms with Gasteiger partial charge in [0, 0.05) is 6.04 Å². The van der Waals surface area contributed by atoms with Crippen molar-refractivity contribution in [3.63, 3.8) is 0 Å². The van der Waals surface area contributed by atoms with Crippen LogP contribution in [0.1, 0.15) is 47.0 Å². The van der Waals surface area contributed by atoms with E-state index in [1.807, 2.05) is 6.92 Å². The van der Waals surface area contributed by atoms with E-state index in [-0.39, 0.29) is 6.04 Å². The van der Waals surface area contributed by atoms with E-state index >= 15 is 0 Å². The predicted octanol–water partition coefficient (Wildman–Crippen LogP) is 2.39. The van der Waals surface area contributed by atoms with Gasteiger partial charge in [-0.25, -0.2) is 0 Å². The Labute approximate surface area is 101 Å². The summed E-state index contributed by atoms with van der Waals surface area (Å²) in [6, 6.07) is 2.74. The van der Waals surface area contributed by atoms with Crippen LogP contribution in [0.2, 0.25) is 0 Å². The highest BCUT2D eigenvalue weighted by Crippen LogP contribution is 2.01. The van der Waals surface area contributed by atoms with Crippen molar-refractivity contribution < 1.29 is 0 Å². The molecule has 0 amide bonds. The van der Waals surface area contributed by atoms with Gasteiger partial charge in [-0.3, -0.25) is 5.32 Å². The molecule has 0 aliphatic heterocycles. The van der Waals surface area contributed by atoms with Gasteiger partial charge in [-0.2, -0.15) is 5.26 Å². The van der Waals surface area contributed by atoms with Crippen LogP contribution in [0.3, 0.4) is 0 Å². The smallest absolute Gasteiger partial charge is 0.0952 e. The maximum absolute atomic E-state index is 8.84. The van der Waals surface area contributed by atoms with Gasteiger partial charge in [-0.15, -0.1) is 0 Å². The summed E-state index contributed by atoms with van der Waals surface area (Å²) in [6.07, 6.45) is 3.24. The van der Waals surface area contributed by atoms with Crippen molar-refractivity contribution in [1.82, 2.24) is 10.2 Å². The van der Waals surface area contributed by atoms with E-state index in [0.29, 0.717) is 6.04 Å². The maximum atomic E-state index is 8.84. The van der Waals surface area contributed by atoms with Gasteiger partial charge in [0.1, 0.15) is 0 Å². The van der Waals surface area contributed by atoms with Crippen molar-refractivity contribution in [2.45, 2.75) is 59.0 Å². The third-order valence-corrected chi connectivity index (χ3v) is 3.06. The number of hydrogen-bond acceptors (Lipinski definition) is 3. The highest BCUT2D eigenvalue weighted by molar-refractivity contribution is 4.89. The lowest BCUT2D eigenvalue weighted by Crippen LogP contribution is -2.35. The van der Waals surface area contributed by atoms with Gasteiger partial charge in [0.25, 0.3) is 0 Å². The van der Waals surface area contributed by atoms with E-state index in [4.69, 9.17) is 5.26 Å². The quantitative estimate of drug-likeness (QED) is 0.655. The number of hydrogen-bond donors (Lipinski definition) is 1. The van der Waals surface area contributed by atoms with Crippen molar-refractivity contribution >= 4 is 0 Å². The second-order valence-electron chi connectivity index (χ2n) is 4.33. The maximum Gasteiger partial charge on any atom is 0.0952 e. The van der Waals surface area contributed by atoms with E-state index < -0.39 is 0 Å². The average Bonchev–Trinajstić information content (AvgIpc) is 2.31. The Morgan fingerprint density at radius 1 is 1.25 bits per heavy atom. The summed E-state index contributed by atoms with van der Waals surface area (Å²) in [4.78, 5) is 2.44. The molecule has 0 fully saturated rings. The van der Waals surface area contributed by atoms with Gasteiger partial charge in [0.15, 0.2) is 0 Å². The van der Waals surface area contributed by atoms with Gasteiger partial charge in [0.05, 0.1) is 12.1 Å². The van der Waals surface area contributed by atoms with Crippen LogP contribution >= 0.6 is 0 Å². The summed E-state index contributed by atoms with van der Waals surface area (Å²) in [5, 5.41) is 12.2. The standard InChI is InChI=1S/C13H27N3/c1-5-13(11-14)15-12(4)9-8-10-16(6-2)7-3/h12-13,15H,5-10H2,1-4H3. The molecule has 0 aromatic heterocycles. The number of nitrogens with one attached hydrogen (secondary N) is 1. The molecule has 0 heterocycles. The summed E-state index contributed by atoms with van der Waals surface area (Å²) in [5.74, 6) is 0. The summed E-state index contributed by atoms with van der Waals surface area (Å²) >= 11 is 0. The van der Waals surface area contributed by atoms with Crippen molar-refractivity contribution in [3.8, 4) is 6.07 Å². The summed E-state index contributed by atoms with van der Waals surface area (Å²) in [5.41, 5.74) is 0. The van der Waals surface area contributed by atoms with E-state index in [9.17, 15) is 0 Å². The molecule has 0 aromatic carbocycles. The lowest BCUT2D eigenvalue weighted by molar-refractivity contribution is 0.289. The number of nitrogens with zero attached hydrogens (tertiary/aromatic N) is 2. The van der Waals surface area contributed by atoms with Crippen LogP contribution in [0, 0.1) is 11.3 Å². The number of rotatable bonds is 9. The van der Waals surface area contributed by atoms with Crippen molar-refractivity contribution in [2.75, 3.05) is 19.6 Å². The first-order valence-corrected chi connectivity index (χ1v) is 6.55. The summed E-state index contributed by atoms with van der Waals surface area (Å²) in [6.45, 7) is 12.1. The lowest BCUT2D eigenvalue weighted by atomic mass is 10.1. The topological polar surface area (TPSA) is 39.1 Å². The zero-order valence-corrected chi connectivity index (χ0v) is 11.3. The first-order valence-electron chi connectivity index (χ1n) is 6.55. The molecule has 0 rings (SSSR count). The molecule has 0 aliphatic rings. The van der Waals surface area contributed by atoms with Crippen LogP contribution in [0.15, 0.2) is 0 Å². The van der Waals surface area contributed by atoms with Gasteiger partial charge < -0.3 is 4.90 Å². The average molecular weight is 225 g/mol. The van der Waals surface area contributed by atoms with Crippen LogP contribution in [-0.4, -0.2) is 36.6 Å². The Hall–Kier alpha value is -0.590. The molecular weight excluding hydrogens is 198 g/mol. The number of nitriles is 1. The molecule has 0 radical (unpaired) electrons. The highest BCUT2D eigenvalue weighted by Gasteiger charge is 2.09. The monoisotopic (exact) mass is 225 g/mol. The van der Waals surface area contributed by atoms with E-state index in [1.165, 1.54) is 13.0 Å². The molecule has 2 atom stereocenters. The molecule has 0 aliphatic carbocycles. The molecule has 3 heteroatoms. The molecule has 16 heavy (non-hydrogen) atoms. The Bertz CT molecular complexity index is 194. The third kappa shape index (κ3) is 6.81. The predicted molar refractivity (Wildman–Crippen MR) is 69.3 cm³/mol. The van der Waals surface area contributed by atoms with Gasteiger partial charge in [-0.05, 0) is 45.8 Å². The van der Waals surface area contributed by atoms with Crippen LogP contribution in [0.5, 0.6) is 0 Å². The summed E-state index contributed by atoms with van der Waals surface area (Å²) < 4.78 is 0. The minimum atomic E-state index is 0.0171. The van der Waals surface area contributed by atoms with Crippen molar-refractivity contribution in [3.05, 3.63) is 0 Å². The summed E-state index contributed by atoms with van der Waals surface area (Å²) in [7, 11) is 0. The molecule has 0 aromatic rings. The normalized spacial score (nSPS) is 14.8. The second kappa shape index (κ2) is 9.62. The molecule has 0 saturated heterocycles. The molecule has 0 bridgehead atoms. The second-order valence-corrected chi connectivity index (χ2v) is 4.33. The Morgan fingerprint density at radius 2 is 1.88 bits per heavy atom. The minimum Gasteiger partial charge on any atom is -0.304 e. The molecule has 0 saturated carbocycles. The lowest BCUT2D eigenvalue weighted by Gasteiger charge is -2.20. The van der Waals surface area contributed by atoms with E-state index in [1.54, 1.807) is 0 Å². The van der Waals surface area contributed by atoms with Gasteiger partial charge in [0.2, 0.25) is 0 Å². The Balaban J connectivity index is 3.65. The highest BCUT2D eigenvalue weighted by atomic mass is 15.1. The zero-order chi connectivity index (χ0) is 12.4. The fraction of sp³-hybridized carbons (Fsp3) is 0.923. The first kappa shape index (κ1) is 15.4. The van der Waals surface area contributed by atoms with Crippen LogP contribution in [0.25, 0.3) is 0 Å². The van der Waals surface area contributed by atoms with Gasteiger partial charge >= 0.3 is 0 Å². The molecular formula is C13H27N3. The van der Waals surface area contributed by atoms with Crippen LogP contribution < -0.4 is 5.32 Å². The third-order valence-electron chi connectivity index (χ3n) is 3.06.